The maximum Gasteiger partial charge on any atom is 0.0602 e. The Labute approximate surface area is 50.0 Å². The molecule has 1 heteroatoms. The molecule has 0 amide bonds. The molecule has 3 saturated carbocycles. The smallest absolute Gasteiger partial charge is 0.0602 e. The van der Waals surface area contributed by atoms with Gasteiger partial charge in [-0.05, 0) is 31.1 Å². The molecule has 2 bridgehead atoms. The summed E-state index contributed by atoms with van der Waals surface area (Å²) in [6, 6.07) is 0. The second-order valence-corrected chi connectivity index (χ2v) is 3.11. The van der Waals surface area contributed by atoms with Crippen LogP contribution in [0.25, 0.3) is 0 Å². The maximum atomic E-state index is 5.27. The molecule has 0 saturated heterocycles. The monoisotopic (exact) mass is 112 g/mol. The number of ether oxygens (including phenoxy) is 1. The minimum Gasteiger partial charge on any atom is -0.381 e. The molecule has 0 radical (unpaired) electrons. The van der Waals surface area contributed by atoms with E-state index < -0.39 is 0 Å². The summed E-state index contributed by atoms with van der Waals surface area (Å²) in [6.07, 6.45) is 4.90. The van der Waals surface area contributed by atoms with E-state index in [1.807, 2.05) is 7.11 Å². The van der Waals surface area contributed by atoms with Crippen molar-refractivity contribution in [3.8, 4) is 0 Å². The molecule has 1 atom stereocenters. The Balaban J connectivity index is 2.00. The first kappa shape index (κ1) is 4.80. The molecule has 0 spiro atoms. The van der Waals surface area contributed by atoms with Crippen LogP contribution in [-0.2, 0) is 4.74 Å². The van der Waals surface area contributed by atoms with Gasteiger partial charge in [-0.3, -0.25) is 0 Å². The van der Waals surface area contributed by atoms with E-state index in [4.69, 9.17) is 4.74 Å². The molecule has 0 unspecified atom stereocenters. The van der Waals surface area contributed by atoms with Crippen molar-refractivity contribution < 1.29 is 4.74 Å². The number of rotatable bonds is 1. The van der Waals surface area contributed by atoms with Crippen molar-refractivity contribution in [2.24, 2.45) is 11.8 Å². The molecular formula is C7H12O. The Morgan fingerprint density at radius 3 is 2.25 bits per heavy atom. The van der Waals surface area contributed by atoms with Crippen molar-refractivity contribution in [1.29, 1.82) is 0 Å². The Morgan fingerprint density at radius 2 is 2.00 bits per heavy atom. The fraction of sp³-hybridized carbons (Fsp3) is 1.00. The van der Waals surface area contributed by atoms with Crippen LogP contribution in [0, 0.1) is 11.8 Å². The quantitative estimate of drug-likeness (QED) is 0.498. The van der Waals surface area contributed by atoms with Crippen LogP contribution in [0.4, 0.5) is 0 Å². The van der Waals surface area contributed by atoms with Gasteiger partial charge in [0.1, 0.15) is 0 Å². The highest BCUT2D eigenvalue weighted by Crippen LogP contribution is 2.49. The summed E-state index contributed by atoms with van der Waals surface area (Å²) >= 11 is 0. The van der Waals surface area contributed by atoms with Gasteiger partial charge >= 0.3 is 0 Å². The zero-order valence-corrected chi connectivity index (χ0v) is 5.26. The minimum atomic E-state index is 0.639. The molecule has 0 aliphatic heterocycles. The molecule has 3 fully saturated rings. The van der Waals surface area contributed by atoms with Gasteiger partial charge in [-0.1, -0.05) is 0 Å². The van der Waals surface area contributed by atoms with Gasteiger partial charge in [0.25, 0.3) is 0 Å². The van der Waals surface area contributed by atoms with E-state index in [2.05, 4.69) is 0 Å². The fourth-order valence-electron chi connectivity index (χ4n) is 2.09. The first-order chi connectivity index (χ1) is 3.90. The lowest BCUT2D eigenvalue weighted by Crippen LogP contribution is -2.18. The van der Waals surface area contributed by atoms with Gasteiger partial charge in [0.15, 0.2) is 0 Å². The number of hydrogen-bond donors (Lipinski definition) is 0. The van der Waals surface area contributed by atoms with Crippen LogP contribution in [-0.4, -0.2) is 13.2 Å². The van der Waals surface area contributed by atoms with Crippen LogP contribution in [0.3, 0.4) is 0 Å². The van der Waals surface area contributed by atoms with E-state index in [9.17, 15) is 0 Å². The van der Waals surface area contributed by atoms with Gasteiger partial charge in [-0.25, -0.2) is 0 Å². The van der Waals surface area contributed by atoms with Crippen LogP contribution in [0.2, 0.25) is 0 Å². The van der Waals surface area contributed by atoms with Crippen molar-refractivity contribution in [3.05, 3.63) is 0 Å². The highest BCUT2D eigenvalue weighted by Gasteiger charge is 2.44. The van der Waals surface area contributed by atoms with E-state index in [-0.39, 0.29) is 0 Å². The second-order valence-electron chi connectivity index (χ2n) is 3.11. The molecule has 46 valence electrons. The number of fused-ring (bicyclic) bond motifs is 1. The summed E-state index contributed by atoms with van der Waals surface area (Å²) in [5.41, 5.74) is 0. The van der Waals surface area contributed by atoms with Gasteiger partial charge in [0.2, 0.25) is 0 Å². The molecule has 0 aromatic heterocycles. The van der Waals surface area contributed by atoms with E-state index in [1.54, 1.807) is 0 Å². The summed E-state index contributed by atoms with van der Waals surface area (Å²) in [5.74, 6) is 2.00. The van der Waals surface area contributed by atoms with Crippen LogP contribution in [0.5, 0.6) is 0 Å². The lowest BCUT2D eigenvalue weighted by atomic mass is 9.84. The highest BCUT2D eigenvalue weighted by molar-refractivity contribution is 4.94. The Bertz CT molecular complexity index is 94.6. The Morgan fingerprint density at radius 1 is 1.25 bits per heavy atom. The molecule has 1 nitrogen and oxygen atoms in total. The van der Waals surface area contributed by atoms with Gasteiger partial charge in [-0.2, -0.15) is 0 Å². The van der Waals surface area contributed by atoms with Crippen molar-refractivity contribution in [3.63, 3.8) is 0 Å². The average Bonchev–Trinajstić information content (AvgIpc) is 2.15. The minimum absolute atomic E-state index is 0.639. The lowest BCUT2D eigenvalue weighted by molar-refractivity contribution is 0.0755. The van der Waals surface area contributed by atoms with Crippen molar-refractivity contribution in [2.75, 3.05) is 7.11 Å². The topological polar surface area (TPSA) is 9.23 Å². The molecule has 3 aliphatic rings. The first-order valence-electron chi connectivity index (χ1n) is 3.43. The first-order valence-corrected chi connectivity index (χ1v) is 3.43. The zero-order valence-electron chi connectivity index (χ0n) is 5.26. The molecule has 3 rings (SSSR count). The van der Waals surface area contributed by atoms with Crippen molar-refractivity contribution in [2.45, 2.75) is 25.4 Å². The van der Waals surface area contributed by atoms with Gasteiger partial charge in [0.05, 0.1) is 6.10 Å². The molecular weight excluding hydrogens is 100 g/mol. The summed E-state index contributed by atoms with van der Waals surface area (Å²) < 4.78 is 5.27. The number of methoxy groups -OCH3 is 1. The van der Waals surface area contributed by atoms with Crippen LogP contribution in [0.1, 0.15) is 19.3 Å². The fourth-order valence-corrected chi connectivity index (χ4v) is 2.09. The predicted molar refractivity (Wildman–Crippen MR) is 31.6 cm³/mol. The Hall–Kier alpha value is -0.0400. The zero-order chi connectivity index (χ0) is 5.56. The standard InChI is InChI=1S/C7H12O/c1-8-7-4-5-2-6(7)3-5/h5-7H,2-4H2,1H3/t5?,6?,7-/m1/s1. The summed E-state index contributed by atoms with van der Waals surface area (Å²) in [6.45, 7) is 0. The molecule has 0 heterocycles. The summed E-state index contributed by atoms with van der Waals surface area (Å²) in [5, 5.41) is 0. The van der Waals surface area contributed by atoms with Gasteiger partial charge < -0.3 is 4.74 Å². The van der Waals surface area contributed by atoms with E-state index in [0.29, 0.717) is 6.10 Å². The summed E-state index contributed by atoms with van der Waals surface area (Å²) in [4.78, 5) is 0. The normalized spacial score (nSPS) is 51.4. The van der Waals surface area contributed by atoms with Crippen LogP contribution < -0.4 is 0 Å². The van der Waals surface area contributed by atoms with E-state index in [0.717, 1.165) is 11.8 Å². The Kier molecular flexibility index (Phi) is 0.884. The largest absolute Gasteiger partial charge is 0.381 e. The van der Waals surface area contributed by atoms with Gasteiger partial charge in [-0.15, -0.1) is 0 Å². The molecule has 3 aliphatic carbocycles. The molecule has 0 aromatic rings. The van der Waals surface area contributed by atoms with Crippen molar-refractivity contribution in [1.82, 2.24) is 0 Å². The van der Waals surface area contributed by atoms with Gasteiger partial charge in [0, 0.05) is 7.11 Å². The van der Waals surface area contributed by atoms with E-state index >= 15 is 0 Å². The van der Waals surface area contributed by atoms with E-state index in [1.165, 1.54) is 19.3 Å². The summed E-state index contributed by atoms with van der Waals surface area (Å²) in [7, 11) is 1.84. The third-order valence-electron chi connectivity index (χ3n) is 2.67. The molecule has 0 aromatic carbocycles. The number of hydrogen-bond acceptors (Lipinski definition) is 1. The van der Waals surface area contributed by atoms with Crippen LogP contribution in [0.15, 0.2) is 0 Å². The predicted octanol–water partition coefficient (Wildman–Crippen LogP) is 1.43. The third kappa shape index (κ3) is 0.455. The van der Waals surface area contributed by atoms with Crippen molar-refractivity contribution >= 4 is 0 Å². The molecule has 0 N–H and O–H groups in total. The SMILES string of the molecule is CO[C@@H]1CC2CC1C2. The van der Waals surface area contributed by atoms with Crippen LogP contribution >= 0.6 is 0 Å². The molecule has 8 heavy (non-hydrogen) atoms. The average molecular weight is 112 g/mol. The highest BCUT2D eigenvalue weighted by atomic mass is 16.5. The maximum absolute atomic E-state index is 5.27. The second kappa shape index (κ2) is 1.47. The lowest BCUT2D eigenvalue weighted by Gasteiger charge is -2.23. The third-order valence-corrected chi connectivity index (χ3v) is 2.67.